The van der Waals surface area contributed by atoms with E-state index in [1.54, 1.807) is 0 Å². The molecule has 2 atom stereocenters. The molecule has 1 aliphatic heterocycles. The molecule has 1 fully saturated rings. The molecule has 108 valence electrons. The topological polar surface area (TPSA) is 24.5 Å². The first kappa shape index (κ1) is 15.9. The molecule has 0 saturated carbocycles. The predicted molar refractivity (Wildman–Crippen MR) is 78.0 cm³/mol. The summed E-state index contributed by atoms with van der Waals surface area (Å²) in [4.78, 5) is 2.58. The average molecular weight is 256 g/mol. The standard InChI is InChI=1S/C15H32N2O/c1-12(2)18-10-9-17-11-14(15(4,5)6)16-8-7-13(17)3/h12-14,16H,7-11H2,1-6H3. The summed E-state index contributed by atoms with van der Waals surface area (Å²) in [6, 6.07) is 1.22. The van der Waals surface area contributed by atoms with Gasteiger partial charge < -0.3 is 10.1 Å². The first-order valence-corrected chi connectivity index (χ1v) is 7.39. The van der Waals surface area contributed by atoms with Gasteiger partial charge in [-0.05, 0) is 39.2 Å². The summed E-state index contributed by atoms with van der Waals surface area (Å²) in [6.45, 7) is 17.7. The number of hydrogen-bond acceptors (Lipinski definition) is 3. The lowest BCUT2D eigenvalue weighted by atomic mass is 9.86. The van der Waals surface area contributed by atoms with Crippen LogP contribution in [-0.2, 0) is 4.74 Å². The van der Waals surface area contributed by atoms with Crippen LogP contribution in [0.5, 0.6) is 0 Å². The molecular weight excluding hydrogens is 224 g/mol. The van der Waals surface area contributed by atoms with Crippen molar-refractivity contribution in [2.75, 3.05) is 26.2 Å². The third-order valence-electron chi connectivity index (χ3n) is 3.87. The Hall–Kier alpha value is -0.120. The van der Waals surface area contributed by atoms with E-state index in [-0.39, 0.29) is 0 Å². The van der Waals surface area contributed by atoms with Crippen molar-refractivity contribution in [1.82, 2.24) is 10.2 Å². The quantitative estimate of drug-likeness (QED) is 0.836. The molecule has 3 nitrogen and oxygen atoms in total. The van der Waals surface area contributed by atoms with Crippen LogP contribution in [0.15, 0.2) is 0 Å². The normalized spacial score (nSPS) is 27.5. The van der Waals surface area contributed by atoms with Crippen LogP contribution in [0.1, 0.15) is 48.0 Å². The molecule has 0 aliphatic carbocycles. The average Bonchev–Trinajstić information content (AvgIpc) is 2.40. The molecule has 0 radical (unpaired) electrons. The number of nitrogens with zero attached hydrogens (tertiary/aromatic N) is 1. The predicted octanol–water partition coefficient (Wildman–Crippen LogP) is 2.51. The highest BCUT2D eigenvalue weighted by Crippen LogP contribution is 2.23. The Morgan fingerprint density at radius 3 is 2.56 bits per heavy atom. The first-order chi connectivity index (χ1) is 8.30. The molecule has 1 rings (SSSR count). The second-order valence-electron chi connectivity index (χ2n) is 6.92. The highest BCUT2D eigenvalue weighted by molar-refractivity contribution is 4.88. The van der Waals surface area contributed by atoms with E-state index in [4.69, 9.17) is 4.74 Å². The summed E-state index contributed by atoms with van der Waals surface area (Å²) in [5.74, 6) is 0. The van der Waals surface area contributed by atoms with Crippen LogP contribution in [0.4, 0.5) is 0 Å². The second kappa shape index (κ2) is 6.88. The Bertz CT molecular complexity index is 235. The van der Waals surface area contributed by atoms with Gasteiger partial charge in [0.15, 0.2) is 0 Å². The van der Waals surface area contributed by atoms with Gasteiger partial charge in [0.2, 0.25) is 0 Å². The number of ether oxygens (including phenoxy) is 1. The smallest absolute Gasteiger partial charge is 0.0597 e. The Labute approximate surface area is 113 Å². The van der Waals surface area contributed by atoms with Crippen LogP contribution in [0.3, 0.4) is 0 Å². The van der Waals surface area contributed by atoms with Crippen molar-refractivity contribution in [2.45, 2.75) is 66.2 Å². The zero-order chi connectivity index (χ0) is 13.8. The van der Waals surface area contributed by atoms with E-state index in [0.717, 1.165) is 26.2 Å². The Morgan fingerprint density at radius 1 is 1.33 bits per heavy atom. The van der Waals surface area contributed by atoms with E-state index < -0.39 is 0 Å². The van der Waals surface area contributed by atoms with Gasteiger partial charge in [0.25, 0.3) is 0 Å². The van der Waals surface area contributed by atoms with E-state index in [1.165, 1.54) is 6.42 Å². The molecular formula is C15H32N2O. The lowest BCUT2D eigenvalue weighted by Gasteiger charge is -2.35. The van der Waals surface area contributed by atoms with Crippen LogP contribution in [0.2, 0.25) is 0 Å². The monoisotopic (exact) mass is 256 g/mol. The number of rotatable bonds is 4. The van der Waals surface area contributed by atoms with Gasteiger partial charge >= 0.3 is 0 Å². The molecule has 1 saturated heterocycles. The zero-order valence-corrected chi connectivity index (χ0v) is 13.1. The van der Waals surface area contributed by atoms with Crippen LogP contribution in [-0.4, -0.2) is 49.3 Å². The summed E-state index contributed by atoms with van der Waals surface area (Å²) in [7, 11) is 0. The maximum Gasteiger partial charge on any atom is 0.0597 e. The Morgan fingerprint density at radius 2 is 2.00 bits per heavy atom. The molecule has 0 aromatic heterocycles. The minimum Gasteiger partial charge on any atom is -0.377 e. The summed E-state index contributed by atoms with van der Waals surface area (Å²) in [5.41, 5.74) is 0.321. The van der Waals surface area contributed by atoms with Gasteiger partial charge in [0, 0.05) is 25.2 Å². The third kappa shape index (κ3) is 5.25. The van der Waals surface area contributed by atoms with Gasteiger partial charge in [0.05, 0.1) is 12.7 Å². The maximum atomic E-state index is 5.69. The summed E-state index contributed by atoms with van der Waals surface area (Å²) < 4.78 is 5.69. The molecule has 1 N–H and O–H groups in total. The highest BCUT2D eigenvalue weighted by atomic mass is 16.5. The minimum atomic E-state index is 0.321. The van der Waals surface area contributed by atoms with E-state index in [0.29, 0.717) is 23.6 Å². The number of hydrogen-bond donors (Lipinski definition) is 1. The van der Waals surface area contributed by atoms with Crippen molar-refractivity contribution in [3.8, 4) is 0 Å². The van der Waals surface area contributed by atoms with Crippen molar-refractivity contribution in [1.29, 1.82) is 0 Å². The fraction of sp³-hybridized carbons (Fsp3) is 1.00. The molecule has 18 heavy (non-hydrogen) atoms. The van der Waals surface area contributed by atoms with E-state index in [2.05, 4.69) is 51.8 Å². The van der Waals surface area contributed by atoms with Gasteiger partial charge in [0.1, 0.15) is 0 Å². The number of nitrogens with one attached hydrogen (secondary N) is 1. The molecule has 0 aromatic carbocycles. The largest absolute Gasteiger partial charge is 0.377 e. The van der Waals surface area contributed by atoms with Crippen molar-refractivity contribution in [3.63, 3.8) is 0 Å². The van der Waals surface area contributed by atoms with E-state index >= 15 is 0 Å². The maximum absolute atomic E-state index is 5.69. The van der Waals surface area contributed by atoms with E-state index in [1.807, 2.05) is 0 Å². The minimum absolute atomic E-state index is 0.321. The molecule has 1 aliphatic rings. The van der Waals surface area contributed by atoms with Gasteiger partial charge in [-0.1, -0.05) is 20.8 Å². The fourth-order valence-corrected chi connectivity index (χ4v) is 2.43. The van der Waals surface area contributed by atoms with Crippen LogP contribution >= 0.6 is 0 Å². The van der Waals surface area contributed by atoms with Crippen molar-refractivity contribution in [2.24, 2.45) is 5.41 Å². The van der Waals surface area contributed by atoms with Crippen molar-refractivity contribution in [3.05, 3.63) is 0 Å². The van der Waals surface area contributed by atoms with Gasteiger partial charge in [-0.25, -0.2) is 0 Å². The summed E-state index contributed by atoms with van der Waals surface area (Å²) in [6.07, 6.45) is 1.57. The SMILES string of the molecule is CC(C)OCCN1CC(C(C)(C)C)NCCC1C. The zero-order valence-electron chi connectivity index (χ0n) is 13.1. The molecule has 3 heteroatoms. The van der Waals surface area contributed by atoms with Crippen LogP contribution < -0.4 is 5.32 Å². The molecule has 1 heterocycles. The van der Waals surface area contributed by atoms with Crippen LogP contribution in [0, 0.1) is 5.41 Å². The van der Waals surface area contributed by atoms with Gasteiger partial charge in [-0.2, -0.15) is 0 Å². The summed E-state index contributed by atoms with van der Waals surface area (Å²) >= 11 is 0. The molecule has 0 amide bonds. The Balaban J connectivity index is 2.51. The first-order valence-electron chi connectivity index (χ1n) is 7.39. The molecule has 2 unspecified atom stereocenters. The lowest BCUT2D eigenvalue weighted by Crippen LogP contribution is -2.48. The van der Waals surface area contributed by atoms with Gasteiger partial charge in [-0.3, -0.25) is 4.90 Å². The second-order valence-corrected chi connectivity index (χ2v) is 6.92. The van der Waals surface area contributed by atoms with Gasteiger partial charge in [-0.15, -0.1) is 0 Å². The lowest BCUT2D eigenvalue weighted by molar-refractivity contribution is 0.0466. The van der Waals surface area contributed by atoms with Crippen LogP contribution in [0.25, 0.3) is 0 Å². The highest BCUT2D eigenvalue weighted by Gasteiger charge is 2.30. The molecule has 0 aromatic rings. The molecule has 0 spiro atoms. The molecule has 0 bridgehead atoms. The Kier molecular flexibility index (Phi) is 6.09. The third-order valence-corrected chi connectivity index (χ3v) is 3.87. The van der Waals surface area contributed by atoms with E-state index in [9.17, 15) is 0 Å². The van der Waals surface area contributed by atoms with Crippen molar-refractivity contribution >= 4 is 0 Å². The fourth-order valence-electron chi connectivity index (χ4n) is 2.43. The summed E-state index contributed by atoms with van der Waals surface area (Å²) in [5, 5.41) is 3.70. The van der Waals surface area contributed by atoms with Crippen molar-refractivity contribution < 1.29 is 4.74 Å².